The molecule has 0 aliphatic heterocycles. The quantitative estimate of drug-likeness (QED) is 0.738. The second-order valence-electron chi connectivity index (χ2n) is 5.31. The molecule has 0 amide bonds. The van der Waals surface area contributed by atoms with Crippen molar-refractivity contribution < 1.29 is 17.6 Å². The molecule has 0 atom stereocenters. The molecule has 0 aliphatic rings. The summed E-state index contributed by atoms with van der Waals surface area (Å²) in [5.41, 5.74) is 6.21. The third-order valence-corrected chi connectivity index (χ3v) is 3.61. The minimum atomic E-state index is -4.45. The number of hydrogen-bond donors (Lipinski definition) is 1. The molecule has 0 aliphatic carbocycles. The number of nitrogens with zero attached hydrogens (tertiary/aromatic N) is 4. The number of benzene rings is 1. The van der Waals surface area contributed by atoms with E-state index in [9.17, 15) is 13.2 Å². The third kappa shape index (κ3) is 3.66. The van der Waals surface area contributed by atoms with Gasteiger partial charge in [0.05, 0.1) is 23.5 Å². The van der Waals surface area contributed by atoms with Gasteiger partial charge in [0.15, 0.2) is 6.39 Å². The van der Waals surface area contributed by atoms with Gasteiger partial charge in [-0.3, -0.25) is 0 Å². The summed E-state index contributed by atoms with van der Waals surface area (Å²) in [7, 11) is 0. The molecule has 0 fully saturated rings. The van der Waals surface area contributed by atoms with E-state index in [1.54, 1.807) is 11.0 Å². The molecule has 2 aromatic heterocycles. The number of rotatable bonds is 5. The van der Waals surface area contributed by atoms with E-state index in [0.29, 0.717) is 22.8 Å². The number of hydrogen-bond acceptors (Lipinski definition) is 6. The van der Waals surface area contributed by atoms with Gasteiger partial charge in [-0.25, -0.2) is 9.97 Å². The normalized spacial score (nSPS) is 11.3. The van der Waals surface area contributed by atoms with Gasteiger partial charge in [-0.2, -0.15) is 18.2 Å². The molecular formula is C17H14F3N5O. The summed E-state index contributed by atoms with van der Waals surface area (Å²) in [6.07, 6.45) is 1.07. The van der Waals surface area contributed by atoms with Crippen LogP contribution in [0.3, 0.4) is 0 Å². The van der Waals surface area contributed by atoms with Crippen molar-refractivity contribution >= 4 is 23.5 Å². The Morgan fingerprint density at radius 2 is 2.04 bits per heavy atom. The van der Waals surface area contributed by atoms with Crippen LogP contribution in [0.15, 0.2) is 54.1 Å². The van der Waals surface area contributed by atoms with Crippen LogP contribution in [0.2, 0.25) is 0 Å². The van der Waals surface area contributed by atoms with E-state index in [0.717, 1.165) is 12.1 Å². The van der Waals surface area contributed by atoms with E-state index in [4.69, 9.17) is 10.2 Å². The van der Waals surface area contributed by atoms with Crippen LogP contribution in [0.4, 0.5) is 30.6 Å². The van der Waals surface area contributed by atoms with Gasteiger partial charge in [0, 0.05) is 6.20 Å². The van der Waals surface area contributed by atoms with Crippen LogP contribution in [-0.4, -0.2) is 15.0 Å². The Kier molecular flexibility index (Phi) is 4.61. The van der Waals surface area contributed by atoms with Gasteiger partial charge in [0.25, 0.3) is 0 Å². The monoisotopic (exact) mass is 361 g/mol. The lowest BCUT2D eigenvalue weighted by Crippen LogP contribution is -2.20. The topological polar surface area (TPSA) is 81.1 Å². The predicted molar refractivity (Wildman–Crippen MR) is 90.3 cm³/mol. The summed E-state index contributed by atoms with van der Waals surface area (Å²) in [4.78, 5) is 13.7. The minimum absolute atomic E-state index is 0.0414. The zero-order valence-corrected chi connectivity index (χ0v) is 13.4. The lowest BCUT2D eigenvalue weighted by Gasteiger charge is -2.25. The first kappa shape index (κ1) is 17.5. The fourth-order valence-corrected chi connectivity index (χ4v) is 2.42. The summed E-state index contributed by atoms with van der Waals surface area (Å²) >= 11 is 0. The van der Waals surface area contributed by atoms with Crippen molar-refractivity contribution in [1.82, 2.24) is 15.0 Å². The summed E-state index contributed by atoms with van der Waals surface area (Å²) in [5.74, 6) is 0.447. The summed E-state index contributed by atoms with van der Waals surface area (Å²) in [5, 5.41) is 0. The Labute approximate surface area is 146 Å². The van der Waals surface area contributed by atoms with Crippen molar-refractivity contribution in [3.8, 4) is 0 Å². The van der Waals surface area contributed by atoms with Crippen molar-refractivity contribution in [2.75, 3.05) is 10.6 Å². The van der Waals surface area contributed by atoms with Gasteiger partial charge in [-0.15, -0.1) is 0 Å². The maximum absolute atomic E-state index is 13.0. The zero-order chi connectivity index (χ0) is 18.7. The second kappa shape index (κ2) is 6.87. The average Bonchev–Trinajstić information content (AvgIpc) is 3.11. The van der Waals surface area contributed by atoms with E-state index in [-0.39, 0.29) is 12.5 Å². The summed E-state index contributed by atoms with van der Waals surface area (Å²) in [6.45, 7) is 3.83. The average molecular weight is 361 g/mol. The fraction of sp³-hybridized carbons (Fsp3) is 0.118. The molecule has 0 saturated carbocycles. The number of nitrogens with two attached hydrogens (primary N) is 1. The summed E-state index contributed by atoms with van der Waals surface area (Å²) in [6, 6.07) is 4.99. The SMILES string of the molecule is C=Cc1cc(C(F)(F)F)ccc1N(Cc1cocn1)c1ccnc(N)n1. The second-order valence-corrected chi connectivity index (χ2v) is 5.31. The minimum Gasteiger partial charge on any atom is -0.451 e. The molecule has 0 spiro atoms. The molecule has 2 N–H and O–H groups in total. The Balaban J connectivity index is 2.10. The Morgan fingerprint density at radius 3 is 2.65 bits per heavy atom. The van der Waals surface area contributed by atoms with Gasteiger partial charge in [-0.05, 0) is 29.8 Å². The molecule has 3 rings (SSSR count). The number of nitrogen functional groups attached to an aromatic ring is 1. The number of alkyl halides is 3. The third-order valence-electron chi connectivity index (χ3n) is 3.61. The van der Waals surface area contributed by atoms with Crippen LogP contribution >= 0.6 is 0 Å². The van der Waals surface area contributed by atoms with Gasteiger partial charge < -0.3 is 15.1 Å². The first-order valence-corrected chi connectivity index (χ1v) is 7.45. The lowest BCUT2D eigenvalue weighted by molar-refractivity contribution is -0.137. The molecule has 1 aromatic carbocycles. The van der Waals surface area contributed by atoms with Crippen LogP contribution in [0.25, 0.3) is 6.08 Å². The molecule has 134 valence electrons. The van der Waals surface area contributed by atoms with Crippen molar-refractivity contribution in [3.63, 3.8) is 0 Å². The standard InChI is InChI=1S/C17H14F3N5O/c1-2-11-7-12(17(18,19)20)3-4-14(11)25(8-13-9-26-10-23-13)15-5-6-22-16(21)24-15/h2-7,9-10H,1,8H2,(H2,21,22,24). The highest BCUT2D eigenvalue weighted by Crippen LogP contribution is 2.36. The molecule has 0 bridgehead atoms. The van der Waals surface area contributed by atoms with Crippen LogP contribution in [0.1, 0.15) is 16.8 Å². The molecule has 26 heavy (non-hydrogen) atoms. The van der Waals surface area contributed by atoms with Crippen LogP contribution in [0.5, 0.6) is 0 Å². The largest absolute Gasteiger partial charge is 0.451 e. The van der Waals surface area contributed by atoms with E-state index in [1.807, 2.05) is 0 Å². The van der Waals surface area contributed by atoms with Crippen molar-refractivity contribution in [2.45, 2.75) is 12.7 Å². The van der Waals surface area contributed by atoms with Crippen molar-refractivity contribution in [1.29, 1.82) is 0 Å². The van der Waals surface area contributed by atoms with Gasteiger partial charge in [0.2, 0.25) is 5.95 Å². The van der Waals surface area contributed by atoms with Crippen LogP contribution in [0, 0.1) is 0 Å². The van der Waals surface area contributed by atoms with Gasteiger partial charge >= 0.3 is 6.18 Å². The molecule has 0 saturated heterocycles. The number of anilines is 3. The highest BCUT2D eigenvalue weighted by molar-refractivity contribution is 5.73. The summed E-state index contributed by atoms with van der Waals surface area (Å²) < 4.78 is 44.0. The van der Waals surface area contributed by atoms with Crippen LogP contribution in [-0.2, 0) is 12.7 Å². The number of halogens is 3. The molecule has 2 heterocycles. The maximum Gasteiger partial charge on any atom is 0.416 e. The Morgan fingerprint density at radius 1 is 1.23 bits per heavy atom. The van der Waals surface area contributed by atoms with Crippen LogP contribution < -0.4 is 10.6 Å². The first-order valence-electron chi connectivity index (χ1n) is 7.45. The first-order chi connectivity index (χ1) is 12.4. The van der Waals surface area contributed by atoms with E-state index >= 15 is 0 Å². The highest BCUT2D eigenvalue weighted by atomic mass is 19.4. The predicted octanol–water partition coefficient (Wildman–Crippen LogP) is 4.05. The van der Waals surface area contributed by atoms with E-state index in [2.05, 4.69) is 21.5 Å². The van der Waals surface area contributed by atoms with Gasteiger partial charge in [0.1, 0.15) is 12.1 Å². The van der Waals surface area contributed by atoms with Crippen molar-refractivity contribution in [2.24, 2.45) is 0 Å². The molecule has 6 nitrogen and oxygen atoms in total. The van der Waals surface area contributed by atoms with E-state index in [1.165, 1.54) is 31.0 Å². The molecule has 9 heteroatoms. The Bertz CT molecular complexity index is 909. The molecule has 0 unspecified atom stereocenters. The maximum atomic E-state index is 13.0. The lowest BCUT2D eigenvalue weighted by atomic mass is 10.1. The molecule has 0 radical (unpaired) electrons. The van der Waals surface area contributed by atoms with Gasteiger partial charge in [-0.1, -0.05) is 12.7 Å². The van der Waals surface area contributed by atoms with E-state index < -0.39 is 11.7 Å². The Hall–Kier alpha value is -3.36. The fourth-order valence-electron chi connectivity index (χ4n) is 2.42. The number of aromatic nitrogens is 3. The van der Waals surface area contributed by atoms with Crippen molar-refractivity contribution in [3.05, 3.63) is 66.5 Å². The smallest absolute Gasteiger partial charge is 0.416 e. The highest BCUT2D eigenvalue weighted by Gasteiger charge is 2.31. The molecular weight excluding hydrogens is 347 g/mol. The molecule has 3 aromatic rings. The number of oxazole rings is 1. The zero-order valence-electron chi connectivity index (χ0n) is 13.4.